The van der Waals surface area contributed by atoms with Crippen molar-refractivity contribution in [2.24, 2.45) is 5.92 Å². The fraction of sp³-hybridized carbons (Fsp3) is 0.364. The van der Waals surface area contributed by atoms with Crippen molar-refractivity contribution in [2.75, 3.05) is 20.2 Å². The second-order valence-corrected chi connectivity index (χ2v) is 11.5. The zero-order valence-electron chi connectivity index (χ0n) is 25.3. The van der Waals surface area contributed by atoms with E-state index in [4.69, 9.17) is 9.47 Å². The SMILES string of the molecule is COc1ccc(C[C@H]2CN(C(=O)OCc3cc(C(F)(F)F)cc(C(F)(F)F)c3)[C@H]3CN(Cc4ccccc4)C(=O)[C@H](C)N3C2=O)cc1. The molecule has 0 spiro atoms. The Hall–Kier alpha value is -4.75. The van der Waals surface area contributed by atoms with Gasteiger partial charge in [-0.15, -0.1) is 0 Å². The Bertz CT molecular complexity index is 1580. The number of fused-ring (bicyclic) bond motifs is 1. The van der Waals surface area contributed by atoms with Crippen molar-refractivity contribution >= 4 is 17.9 Å². The Kier molecular flexibility index (Phi) is 9.41. The van der Waals surface area contributed by atoms with E-state index in [-0.39, 0.29) is 43.9 Å². The zero-order valence-corrected chi connectivity index (χ0v) is 25.3. The average Bonchev–Trinajstić information content (AvgIpc) is 3.03. The third-order valence-corrected chi connectivity index (χ3v) is 8.27. The Morgan fingerprint density at radius 2 is 1.43 bits per heavy atom. The first-order valence-electron chi connectivity index (χ1n) is 14.6. The van der Waals surface area contributed by atoms with Crippen molar-refractivity contribution in [3.63, 3.8) is 0 Å². The molecule has 0 aliphatic carbocycles. The minimum absolute atomic E-state index is 0.00897. The molecule has 0 bridgehead atoms. The standard InChI is InChI=1S/C33H31F6N3O5/c1-20-29(43)40(16-22-6-4-3-5-7-22)18-28-41(17-24(30(44)42(20)28)12-21-8-10-27(46-2)11-9-21)31(45)47-19-23-13-25(32(34,35)36)15-26(14-23)33(37,38)39/h3-11,13-15,20,24,28H,12,16-19H2,1-2H3/t20-,24-,28+/m0/s1. The summed E-state index contributed by atoms with van der Waals surface area (Å²) in [5.74, 6) is -0.956. The number of alkyl halides is 6. The lowest BCUT2D eigenvalue weighted by atomic mass is 9.92. The van der Waals surface area contributed by atoms with Crippen molar-refractivity contribution < 1.29 is 50.2 Å². The highest BCUT2D eigenvalue weighted by atomic mass is 19.4. The highest BCUT2D eigenvalue weighted by Crippen LogP contribution is 2.37. The van der Waals surface area contributed by atoms with Crippen molar-refractivity contribution in [3.05, 3.63) is 101 Å². The van der Waals surface area contributed by atoms with Gasteiger partial charge in [-0.2, -0.15) is 26.3 Å². The van der Waals surface area contributed by atoms with E-state index in [0.29, 0.717) is 17.9 Å². The number of hydrogen-bond donors (Lipinski definition) is 0. The molecular formula is C33H31F6N3O5. The van der Waals surface area contributed by atoms with Crippen LogP contribution in [-0.2, 0) is 46.3 Å². The van der Waals surface area contributed by atoms with Crippen LogP contribution in [0.25, 0.3) is 0 Å². The number of ether oxygens (including phenoxy) is 2. The summed E-state index contributed by atoms with van der Waals surface area (Å²) in [4.78, 5) is 45.0. The first-order valence-corrected chi connectivity index (χ1v) is 14.6. The number of methoxy groups -OCH3 is 1. The molecule has 3 aromatic carbocycles. The molecule has 2 saturated heterocycles. The predicted molar refractivity (Wildman–Crippen MR) is 155 cm³/mol. The predicted octanol–water partition coefficient (Wildman–Crippen LogP) is 6.13. The Morgan fingerprint density at radius 1 is 0.809 bits per heavy atom. The minimum atomic E-state index is -5.07. The van der Waals surface area contributed by atoms with Crippen LogP contribution >= 0.6 is 0 Å². The number of nitrogens with zero attached hydrogens (tertiary/aromatic N) is 3. The molecule has 3 aromatic rings. The van der Waals surface area contributed by atoms with E-state index in [1.807, 2.05) is 18.2 Å². The van der Waals surface area contributed by atoms with Gasteiger partial charge in [0, 0.05) is 13.1 Å². The van der Waals surface area contributed by atoms with Gasteiger partial charge in [-0.3, -0.25) is 14.5 Å². The highest BCUT2D eigenvalue weighted by Gasteiger charge is 2.50. The monoisotopic (exact) mass is 663 g/mol. The van der Waals surface area contributed by atoms with E-state index in [1.165, 1.54) is 21.8 Å². The number of benzene rings is 3. The lowest BCUT2D eigenvalue weighted by Gasteiger charge is -2.53. The quantitative estimate of drug-likeness (QED) is 0.285. The van der Waals surface area contributed by atoms with Crippen LogP contribution in [0.1, 0.15) is 34.7 Å². The fourth-order valence-corrected chi connectivity index (χ4v) is 5.92. The first kappa shape index (κ1) is 33.6. The normalized spacial score (nSPS) is 20.3. The van der Waals surface area contributed by atoms with E-state index in [0.717, 1.165) is 11.1 Å². The molecule has 5 rings (SSSR count). The molecule has 0 saturated carbocycles. The van der Waals surface area contributed by atoms with Crippen LogP contribution in [0.3, 0.4) is 0 Å². The molecule has 2 fully saturated rings. The molecule has 47 heavy (non-hydrogen) atoms. The van der Waals surface area contributed by atoms with Gasteiger partial charge < -0.3 is 19.3 Å². The molecule has 2 heterocycles. The van der Waals surface area contributed by atoms with Gasteiger partial charge in [0.1, 0.15) is 24.6 Å². The maximum atomic E-state index is 13.9. The molecule has 0 unspecified atom stereocenters. The van der Waals surface area contributed by atoms with E-state index in [9.17, 15) is 40.7 Å². The van der Waals surface area contributed by atoms with Crippen LogP contribution < -0.4 is 4.74 Å². The van der Waals surface area contributed by atoms with Crippen molar-refractivity contribution in [2.45, 2.75) is 51.1 Å². The molecule has 14 heteroatoms. The number of amides is 3. The summed E-state index contributed by atoms with van der Waals surface area (Å²) >= 11 is 0. The molecule has 250 valence electrons. The lowest BCUT2D eigenvalue weighted by Crippen LogP contribution is -2.72. The topological polar surface area (TPSA) is 79.4 Å². The van der Waals surface area contributed by atoms with Crippen LogP contribution in [0, 0.1) is 5.92 Å². The second-order valence-electron chi connectivity index (χ2n) is 11.5. The maximum Gasteiger partial charge on any atom is 0.416 e. The Labute approximate surface area is 266 Å². The van der Waals surface area contributed by atoms with Gasteiger partial charge >= 0.3 is 18.4 Å². The number of carbonyl (C=O) groups excluding carboxylic acids is 3. The summed E-state index contributed by atoms with van der Waals surface area (Å²) in [5.41, 5.74) is -2.05. The zero-order chi connectivity index (χ0) is 34.1. The van der Waals surface area contributed by atoms with Crippen LogP contribution in [0.4, 0.5) is 31.1 Å². The molecule has 3 atom stereocenters. The lowest BCUT2D eigenvalue weighted by molar-refractivity contribution is -0.172. The van der Waals surface area contributed by atoms with Gasteiger partial charge in [0.2, 0.25) is 11.8 Å². The molecule has 2 aliphatic rings. The van der Waals surface area contributed by atoms with E-state index < -0.39 is 59.9 Å². The third kappa shape index (κ3) is 7.47. The number of halogens is 6. The summed E-state index contributed by atoms with van der Waals surface area (Å²) in [5, 5.41) is 0. The first-order chi connectivity index (χ1) is 22.2. The number of hydrogen-bond acceptors (Lipinski definition) is 5. The Morgan fingerprint density at radius 3 is 2.00 bits per heavy atom. The summed E-state index contributed by atoms with van der Waals surface area (Å²) in [6.07, 6.45) is -12.0. The Balaban J connectivity index is 1.43. The smallest absolute Gasteiger partial charge is 0.416 e. The van der Waals surface area contributed by atoms with E-state index >= 15 is 0 Å². The number of piperazine rings is 1. The van der Waals surface area contributed by atoms with Crippen molar-refractivity contribution in [1.82, 2.24) is 14.7 Å². The summed E-state index contributed by atoms with van der Waals surface area (Å²) in [6.45, 7) is 0.585. The van der Waals surface area contributed by atoms with Crippen molar-refractivity contribution in [1.29, 1.82) is 0 Å². The van der Waals surface area contributed by atoms with Crippen LogP contribution in [0.2, 0.25) is 0 Å². The summed E-state index contributed by atoms with van der Waals surface area (Å²) in [6, 6.07) is 16.0. The third-order valence-electron chi connectivity index (χ3n) is 8.27. The van der Waals surface area contributed by atoms with Gasteiger partial charge in [0.05, 0.1) is 30.7 Å². The largest absolute Gasteiger partial charge is 0.497 e. The number of rotatable bonds is 7. The summed E-state index contributed by atoms with van der Waals surface area (Å²) in [7, 11) is 1.50. The van der Waals surface area contributed by atoms with Crippen molar-refractivity contribution in [3.8, 4) is 5.75 Å². The fourth-order valence-electron chi connectivity index (χ4n) is 5.92. The molecule has 8 nitrogen and oxygen atoms in total. The van der Waals surface area contributed by atoms with Gasteiger partial charge in [-0.1, -0.05) is 42.5 Å². The van der Waals surface area contributed by atoms with Crippen LogP contribution in [-0.4, -0.2) is 65.0 Å². The molecule has 3 amide bonds. The van der Waals surface area contributed by atoms with Gasteiger partial charge in [0.25, 0.3) is 0 Å². The molecule has 0 radical (unpaired) electrons. The minimum Gasteiger partial charge on any atom is -0.497 e. The van der Waals surface area contributed by atoms with Gasteiger partial charge in [-0.25, -0.2) is 4.79 Å². The van der Waals surface area contributed by atoms with E-state index in [1.54, 1.807) is 43.3 Å². The van der Waals surface area contributed by atoms with Crippen LogP contribution in [0.5, 0.6) is 5.75 Å². The maximum absolute atomic E-state index is 13.9. The van der Waals surface area contributed by atoms with Gasteiger partial charge in [-0.05, 0) is 60.4 Å². The summed E-state index contributed by atoms with van der Waals surface area (Å²) < 4.78 is 91.0. The van der Waals surface area contributed by atoms with Gasteiger partial charge in [0.15, 0.2) is 0 Å². The molecule has 0 N–H and O–H groups in total. The second kappa shape index (κ2) is 13.2. The molecule has 0 aromatic heterocycles. The average molecular weight is 664 g/mol. The highest BCUT2D eigenvalue weighted by molar-refractivity contribution is 5.91. The molecule has 2 aliphatic heterocycles. The van der Waals surface area contributed by atoms with Crippen LogP contribution in [0.15, 0.2) is 72.8 Å². The molecular weight excluding hydrogens is 632 g/mol. The number of carbonyl (C=O) groups is 3. The van der Waals surface area contributed by atoms with E-state index in [2.05, 4.69) is 0 Å².